The largest absolute Gasteiger partial charge is 0.348 e. The van der Waals surface area contributed by atoms with Crippen molar-refractivity contribution in [2.24, 2.45) is 5.92 Å². The van der Waals surface area contributed by atoms with Crippen molar-refractivity contribution in [1.82, 2.24) is 5.32 Å². The van der Waals surface area contributed by atoms with E-state index in [-0.39, 0.29) is 11.8 Å². The topological polar surface area (TPSA) is 72.2 Å². The molecule has 5 nitrogen and oxygen atoms in total. The summed E-state index contributed by atoms with van der Waals surface area (Å²) in [5.41, 5.74) is -1.32. The lowest BCUT2D eigenvalue weighted by Crippen LogP contribution is -2.37. The standard InChI is InChI=1S/C13H15ClF2N2O3/c1-7(2)3-8(6-14)17-13(19)9-4-10(15)11(16)5-12(9)18(20)21/h4-5,7-8H,3,6H2,1-2H3,(H,17,19). The third-order valence-electron chi connectivity index (χ3n) is 2.76. The van der Waals surface area contributed by atoms with Crippen molar-refractivity contribution in [2.75, 3.05) is 5.88 Å². The molecule has 0 fully saturated rings. The van der Waals surface area contributed by atoms with Crippen LogP contribution >= 0.6 is 11.6 Å². The zero-order chi connectivity index (χ0) is 16.2. The second-order valence-corrected chi connectivity index (χ2v) is 5.30. The van der Waals surface area contributed by atoms with Gasteiger partial charge in [-0.2, -0.15) is 0 Å². The van der Waals surface area contributed by atoms with Gasteiger partial charge in [-0.05, 0) is 18.4 Å². The Hall–Kier alpha value is -1.76. The molecule has 0 saturated heterocycles. The highest BCUT2D eigenvalue weighted by atomic mass is 35.5. The van der Waals surface area contributed by atoms with Gasteiger partial charge in [0.1, 0.15) is 5.56 Å². The van der Waals surface area contributed by atoms with Gasteiger partial charge < -0.3 is 5.32 Å². The van der Waals surface area contributed by atoms with Crippen LogP contribution in [0.15, 0.2) is 12.1 Å². The van der Waals surface area contributed by atoms with Crippen LogP contribution in [0.3, 0.4) is 0 Å². The summed E-state index contributed by atoms with van der Waals surface area (Å²) in [5, 5.41) is 13.3. The number of nitro benzene ring substituents is 1. The third-order valence-corrected chi connectivity index (χ3v) is 3.13. The average molecular weight is 321 g/mol. The van der Waals surface area contributed by atoms with Crippen molar-refractivity contribution < 1.29 is 18.5 Å². The number of nitro groups is 1. The Morgan fingerprint density at radius 2 is 1.95 bits per heavy atom. The molecule has 1 atom stereocenters. The fraction of sp³-hybridized carbons (Fsp3) is 0.462. The highest BCUT2D eigenvalue weighted by Crippen LogP contribution is 2.22. The summed E-state index contributed by atoms with van der Waals surface area (Å²) < 4.78 is 26.3. The van der Waals surface area contributed by atoms with Gasteiger partial charge in [-0.3, -0.25) is 14.9 Å². The lowest BCUT2D eigenvalue weighted by Gasteiger charge is -2.18. The number of halogens is 3. The molecular weight excluding hydrogens is 306 g/mol. The summed E-state index contributed by atoms with van der Waals surface area (Å²) in [4.78, 5) is 21.9. The molecule has 1 rings (SSSR count). The van der Waals surface area contributed by atoms with Gasteiger partial charge in [-0.1, -0.05) is 13.8 Å². The minimum Gasteiger partial charge on any atom is -0.348 e. The molecule has 1 unspecified atom stereocenters. The van der Waals surface area contributed by atoms with Crippen LogP contribution in [0.1, 0.15) is 30.6 Å². The second-order valence-electron chi connectivity index (χ2n) is 4.99. The monoisotopic (exact) mass is 320 g/mol. The Bertz CT molecular complexity index is 552. The zero-order valence-corrected chi connectivity index (χ0v) is 12.3. The van der Waals surface area contributed by atoms with Crippen molar-refractivity contribution in [2.45, 2.75) is 26.3 Å². The molecular formula is C13H15ClF2N2O3. The molecule has 0 spiro atoms. The van der Waals surface area contributed by atoms with E-state index in [4.69, 9.17) is 11.6 Å². The highest BCUT2D eigenvalue weighted by Gasteiger charge is 2.25. The highest BCUT2D eigenvalue weighted by molar-refractivity contribution is 6.18. The maximum absolute atomic E-state index is 13.2. The number of nitrogens with zero attached hydrogens (tertiary/aromatic N) is 1. The lowest BCUT2D eigenvalue weighted by atomic mass is 10.0. The Balaban J connectivity index is 3.06. The van der Waals surface area contributed by atoms with E-state index in [1.807, 2.05) is 13.8 Å². The SMILES string of the molecule is CC(C)CC(CCl)NC(=O)c1cc(F)c(F)cc1[N+](=O)[O-]. The number of hydrogen-bond donors (Lipinski definition) is 1. The van der Waals surface area contributed by atoms with Crippen LogP contribution in [0, 0.1) is 27.7 Å². The van der Waals surface area contributed by atoms with Gasteiger partial charge in [-0.15, -0.1) is 11.6 Å². The number of carbonyl (C=O) groups is 1. The van der Waals surface area contributed by atoms with Crippen molar-refractivity contribution in [3.63, 3.8) is 0 Å². The van der Waals surface area contributed by atoms with E-state index in [0.717, 1.165) is 0 Å². The number of benzene rings is 1. The Labute approximate surface area is 125 Å². The van der Waals surface area contributed by atoms with Gasteiger partial charge in [0.05, 0.1) is 11.0 Å². The molecule has 0 aromatic heterocycles. The van der Waals surface area contributed by atoms with Gasteiger partial charge in [0.2, 0.25) is 0 Å². The number of alkyl halides is 1. The molecule has 1 aromatic carbocycles. The van der Waals surface area contributed by atoms with Crippen molar-refractivity contribution in [3.8, 4) is 0 Å². The predicted octanol–water partition coefficient (Wildman–Crippen LogP) is 3.26. The maximum atomic E-state index is 13.2. The van der Waals surface area contributed by atoms with Crippen LogP contribution in [-0.4, -0.2) is 22.8 Å². The number of carbonyl (C=O) groups excluding carboxylic acids is 1. The molecule has 0 heterocycles. The molecule has 0 saturated carbocycles. The minimum atomic E-state index is -1.38. The summed E-state index contributed by atoms with van der Waals surface area (Å²) in [5.74, 6) is -3.20. The van der Waals surface area contributed by atoms with Crippen molar-refractivity contribution in [3.05, 3.63) is 39.4 Å². The normalized spacial score (nSPS) is 12.3. The summed E-state index contributed by atoms with van der Waals surface area (Å²) in [6.07, 6.45) is 0.562. The van der Waals surface area contributed by atoms with Gasteiger partial charge in [0, 0.05) is 11.9 Å². The van der Waals surface area contributed by atoms with Crippen LogP contribution in [-0.2, 0) is 0 Å². The molecule has 0 aliphatic heterocycles. The first-order valence-corrected chi connectivity index (χ1v) is 6.80. The van der Waals surface area contributed by atoms with E-state index >= 15 is 0 Å². The summed E-state index contributed by atoms with van der Waals surface area (Å²) >= 11 is 5.72. The average Bonchev–Trinajstić information content (AvgIpc) is 2.39. The molecule has 1 aromatic rings. The van der Waals surface area contributed by atoms with Gasteiger partial charge >= 0.3 is 0 Å². The van der Waals surface area contributed by atoms with E-state index in [1.165, 1.54) is 0 Å². The number of rotatable bonds is 6. The summed E-state index contributed by atoms with van der Waals surface area (Å²) in [7, 11) is 0. The number of nitrogens with one attached hydrogen (secondary N) is 1. The van der Waals surface area contributed by atoms with Crippen LogP contribution < -0.4 is 5.32 Å². The molecule has 1 amide bonds. The van der Waals surface area contributed by atoms with Crippen LogP contribution in [0.25, 0.3) is 0 Å². The number of amides is 1. The van der Waals surface area contributed by atoms with E-state index < -0.39 is 39.8 Å². The van der Waals surface area contributed by atoms with Crippen LogP contribution in [0.4, 0.5) is 14.5 Å². The van der Waals surface area contributed by atoms with E-state index in [1.54, 1.807) is 0 Å². The fourth-order valence-electron chi connectivity index (χ4n) is 1.86. The maximum Gasteiger partial charge on any atom is 0.285 e. The molecule has 8 heteroatoms. The van der Waals surface area contributed by atoms with Gasteiger partial charge in [0.15, 0.2) is 11.6 Å². The third kappa shape index (κ3) is 4.63. The summed E-state index contributed by atoms with van der Waals surface area (Å²) in [6.45, 7) is 3.84. The van der Waals surface area contributed by atoms with Crippen molar-refractivity contribution >= 4 is 23.2 Å². The quantitative estimate of drug-likeness (QED) is 0.497. The lowest BCUT2D eigenvalue weighted by molar-refractivity contribution is -0.385. The first-order valence-electron chi connectivity index (χ1n) is 6.26. The van der Waals surface area contributed by atoms with Gasteiger partial charge in [0.25, 0.3) is 11.6 Å². The molecule has 0 aliphatic carbocycles. The van der Waals surface area contributed by atoms with Crippen LogP contribution in [0.5, 0.6) is 0 Å². The first-order chi connectivity index (χ1) is 9.76. The first kappa shape index (κ1) is 17.3. The zero-order valence-electron chi connectivity index (χ0n) is 11.5. The Morgan fingerprint density at radius 1 is 1.38 bits per heavy atom. The van der Waals surface area contributed by atoms with Crippen molar-refractivity contribution in [1.29, 1.82) is 0 Å². The summed E-state index contributed by atoms with van der Waals surface area (Å²) in [6, 6.07) is 0.498. The number of hydrogen-bond acceptors (Lipinski definition) is 3. The van der Waals surface area contributed by atoms with Gasteiger partial charge in [-0.25, -0.2) is 8.78 Å². The molecule has 116 valence electrons. The van der Waals surface area contributed by atoms with E-state index in [9.17, 15) is 23.7 Å². The molecule has 0 bridgehead atoms. The molecule has 0 aliphatic rings. The van der Waals surface area contributed by atoms with E-state index in [0.29, 0.717) is 18.6 Å². The van der Waals surface area contributed by atoms with Crippen LogP contribution in [0.2, 0.25) is 0 Å². The Morgan fingerprint density at radius 3 is 2.43 bits per heavy atom. The molecule has 0 radical (unpaired) electrons. The molecule has 1 N–H and O–H groups in total. The minimum absolute atomic E-state index is 0.112. The smallest absolute Gasteiger partial charge is 0.285 e. The Kier molecular flexibility index (Phi) is 6.02. The molecule has 21 heavy (non-hydrogen) atoms. The van der Waals surface area contributed by atoms with E-state index in [2.05, 4.69) is 5.32 Å². The second kappa shape index (κ2) is 7.31. The fourth-order valence-corrected chi connectivity index (χ4v) is 2.07. The predicted molar refractivity (Wildman–Crippen MR) is 74.4 cm³/mol.